The smallest absolute Gasteiger partial charge is 0.232 e. The van der Waals surface area contributed by atoms with Crippen molar-refractivity contribution in [3.8, 4) is 5.75 Å². The molecule has 0 aliphatic rings. The van der Waals surface area contributed by atoms with E-state index in [0.717, 1.165) is 28.6 Å². The van der Waals surface area contributed by atoms with Crippen LogP contribution in [0.15, 0.2) is 36.4 Å². The van der Waals surface area contributed by atoms with Crippen LogP contribution < -0.4 is 14.4 Å². The summed E-state index contributed by atoms with van der Waals surface area (Å²) >= 11 is 0. The van der Waals surface area contributed by atoms with Gasteiger partial charge >= 0.3 is 0 Å². The number of hydrogen-bond donors (Lipinski definition) is 1. The first kappa shape index (κ1) is 21.8. The topological polar surface area (TPSA) is 75.7 Å². The number of nitrogens with one attached hydrogen (secondary N) is 1. The van der Waals surface area contributed by atoms with Gasteiger partial charge in [-0.3, -0.25) is 9.10 Å². The van der Waals surface area contributed by atoms with Gasteiger partial charge in [-0.05, 0) is 62.6 Å². The third kappa shape index (κ3) is 5.73. The molecule has 2 aromatic rings. The lowest BCUT2D eigenvalue weighted by molar-refractivity contribution is -0.116. The van der Waals surface area contributed by atoms with E-state index in [1.807, 2.05) is 32.9 Å². The van der Waals surface area contributed by atoms with E-state index in [4.69, 9.17) is 4.74 Å². The average molecular weight is 405 g/mol. The number of hydrogen-bond acceptors (Lipinski definition) is 4. The minimum atomic E-state index is -3.45. The maximum absolute atomic E-state index is 12.4. The standard InChI is InChI=1S/C21H28N2O4S/c1-15-13-16(2)21(17(3)14-15)22-20(24)7-6-12-23(28(5,25)26)18-8-10-19(27-4)11-9-18/h8-11,13-14H,6-7,12H2,1-5H3,(H,22,24). The second kappa shape index (κ2) is 9.10. The zero-order chi connectivity index (χ0) is 20.9. The lowest BCUT2D eigenvalue weighted by Gasteiger charge is -2.22. The summed E-state index contributed by atoms with van der Waals surface area (Å²) in [5.41, 5.74) is 4.56. The molecular formula is C21H28N2O4S. The number of methoxy groups -OCH3 is 1. The summed E-state index contributed by atoms with van der Waals surface area (Å²) in [6, 6.07) is 10.9. The van der Waals surface area contributed by atoms with Gasteiger partial charge in [0.1, 0.15) is 5.75 Å². The fourth-order valence-corrected chi connectivity index (χ4v) is 4.16. The molecular weight excluding hydrogens is 376 g/mol. The molecule has 0 saturated carbocycles. The molecule has 0 aromatic heterocycles. The van der Waals surface area contributed by atoms with Crippen LogP contribution in [0, 0.1) is 20.8 Å². The highest BCUT2D eigenvalue weighted by molar-refractivity contribution is 7.92. The van der Waals surface area contributed by atoms with Crippen molar-refractivity contribution >= 4 is 27.3 Å². The van der Waals surface area contributed by atoms with Gasteiger partial charge in [-0.25, -0.2) is 8.42 Å². The molecule has 0 spiro atoms. The monoisotopic (exact) mass is 404 g/mol. The molecule has 28 heavy (non-hydrogen) atoms. The van der Waals surface area contributed by atoms with Crippen LogP contribution >= 0.6 is 0 Å². The molecule has 152 valence electrons. The number of carbonyl (C=O) groups is 1. The largest absolute Gasteiger partial charge is 0.497 e. The Bertz CT molecular complexity index is 914. The normalized spacial score (nSPS) is 11.2. The van der Waals surface area contributed by atoms with Crippen molar-refractivity contribution in [3.63, 3.8) is 0 Å². The first-order valence-electron chi connectivity index (χ1n) is 9.11. The fraction of sp³-hybridized carbons (Fsp3) is 0.381. The number of nitrogens with zero attached hydrogens (tertiary/aromatic N) is 1. The molecule has 0 heterocycles. The van der Waals surface area contributed by atoms with E-state index in [0.29, 0.717) is 17.9 Å². The first-order chi connectivity index (χ1) is 13.1. The highest BCUT2D eigenvalue weighted by Gasteiger charge is 2.18. The molecule has 1 N–H and O–H groups in total. The molecule has 7 heteroatoms. The van der Waals surface area contributed by atoms with Gasteiger partial charge in [0.15, 0.2) is 0 Å². The summed E-state index contributed by atoms with van der Waals surface area (Å²) < 4.78 is 30.8. The van der Waals surface area contributed by atoms with Crippen LogP contribution in [0.1, 0.15) is 29.5 Å². The van der Waals surface area contributed by atoms with Gasteiger partial charge < -0.3 is 10.1 Å². The Balaban J connectivity index is 2.01. The summed E-state index contributed by atoms with van der Waals surface area (Å²) in [6.07, 6.45) is 1.81. The Labute approximate surface area is 167 Å². The first-order valence-corrected chi connectivity index (χ1v) is 11.0. The number of benzene rings is 2. The van der Waals surface area contributed by atoms with Crippen LogP contribution in [0.25, 0.3) is 0 Å². The van der Waals surface area contributed by atoms with Crippen LogP contribution in [0.3, 0.4) is 0 Å². The summed E-state index contributed by atoms with van der Waals surface area (Å²) in [4.78, 5) is 12.4. The Hall–Kier alpha value is -2.54. The summed E-state index contributed by atoms with van der Waals surface area (Å²) in [5, 5.41) is 2.95. The van der Waals surface area contributed by atoms with Crippen LogP contribution in [-0.4, -0.2) is 34.2 Å². The second-order valence-corrected chi connectivity index (χ2v) is 8.87. The summed E-state index contributed by atoms with van der Waals surface area (Å²) in [7, 11) is -1.90. The molecule has 0 saturated heterocycles. The van der Waals surface area contributed by atoms with Crippen LogP contribution in [0.2, 0.25) is 0 Å². The maximum Gasteiger partial charge on any atom is 0.232 e. The number of amides is 1. The maximum atomic E-state index is 12.4. The predicted molar refractivity (Wildman–Crippen MR) is 114 cm³/mol. The van der Waals surface area contributed by atoms with Gasteiger partial charge in [0, 0.05) is 18.7 Å². The number of rotatable bonds is 8. The van der Waals surface area contributed by atoms with Gasteiger partial charge in [-0.2, -0.15) is 0 Å². The predicted octanol–water partition coefficient (Wildman–Crippen LogP) is 3.81. The van der Waals surface area contributed by atoms with E-state index in [1.54, 1.807) is 31.4 Å². The van der Waals surface area contributed by atoms with Gasteiger partial charge in [0.05, 0.1) is 19.1 Å². The molecule has 0 unspecified atom stereocenters. The number of carbonyl (C=O) groups excluding carboxylic acids is 1. The van der Waals surface area contributed by atoms with Crippen LogP contribution in [0.4, 0.5) is 11.4 Å². The van der Waals surface area contributed by atoms with E-state index in [2.05, 4.69) is 5.32 Å². The van der Waals surface area contributed by atoms with Crippen LogP contribution in [0.5, 0.6) is 5.75 Å². The van der Waals surface area contributed by atoms with Gasteiger partial charge in [0.2, 0.25) is 15.9 Å². The molecule has 6 nitrogen and oxygen atoms in total. The minimum Gasteiger partial charge on any atom is -0.497 e. The van der Waals surface area contributed by atoms with Crippen molar-refractivity contribution in [2.75, 3.05) is 29.5 Å². The van der Waals surface area contributed by atoms with E-state index < -0.39 is 10.0 Å². The number of ether oxygens (including phenoxy) is 1. The molecule has 0 fully saturated rings. The van der Waals surface area contributed by atoms with Gasteiger partial charge in [0.25, 0.3) is 0 Å². The SMILES string of the molecule is COc1ccc(N(CCCC(=O)Nc2c(C)cc(C)cc2C)S(C)(=O)=O)cc1. The van der Waals surface area contributed by atoms with E-state index >= 15 is 0 Å². The number of anilines is 2. The van der Waals surface area contributed by atoms with Crippen molar-refractivity contribution in [2.24, 2.45) is 0 Å². The molecule has 0 bridgehead atoms. The van der Waals surface area contributed by atoms with Gasteiger partial charge in [-0.15, -0.1) is 0 Å². The zero-order valence-corrected chi connectivity index (χ0v) is 17.9. The second-order valence-electron chi connectivity index (χ2n) is 6.96. The van der Waals surface area contributed by atoms with Crippen molar-refractivity contribution in [1.29, 1.82) is 0 Å². The van der Waals surface area contributed by atoms with Crippen molar-refractivity contribution in [2.45, 2.75) is 33.6 Å². The molecule has 0 atom stereocenters. The van der Waals surface area contributed by atoms with Crippen LogP contribution in [-0.2, 0) is 14.8 Å². The van der Waals surface area contributed by atoms with E-state index in [1.165, 1.54) is 4.31 Å². The average Bonchev–Trinajstić information content (AvgIpc) is 2.61. The highest BCUT2D eigenvalue weighted by atomic mass is 32.2. The molecule has 2 aromatic carbocycles. The molecule has 1 amide bonds. The highest BCUT2D eigenvalue weighted by Crippen LogP contribution is 2.23. The summed E-state index contributed by atoms with van der Waals surface area (Å²) in [6.45, 7) is 6.17. The van der Waals surface area contributed by atoms with Gasteiger partial charge in [-0.1, -0.05) is 17.7 Å². The van der Waals surface area contributed by atoms with E-state index in [-0.39, 0.29) is 18.9 Å². The quantitative estimate of drug-likeness (QED) is 0.726. The Morgan fingerprint density at radius 1 is 1.07 bits per heavy atom. The molecule has 0 aliphatic heterocycles. The zero-order valence-electron chi connectivity index (χ0n) is 17.1. The summed E-state index contributed by atoms with van der Waals surface area (Å²) in [5.74, 6) is 0.527. The fourth-order valence-electron chi connectivity index (χ4n) is 3.20. The van der Waals surface area contributed by atoms with E-state index in [9.17, 15) is 13.2 Å². The Morgan fingerprint density at radius 3 is 2.14 bits per heavy atom. The minimum absolute atomic E-state index is 0.127. The third-order valence-corrected chi connectivity index (χ3v) is 5.66. The van der Waals surface area contributed by atoms with Crippen molar-refractivity contribution in [1.82, 2.24) is 0 Å². The molecule has 0 aliphatic carbocycles. The Morgan fingerprint density at radius 2 is 1.64 bits per heavy atom. The third-order valence-electron chi connectivity index (χ3n) is 4.47. The van der Waals surface area contributed by atoms with Crippen molar-refractivity contribution in [3.05, 3.63) is 53.1 Å². The lowest BCUT2D eigenvalue weighted by atomic mass is 10.0. The lowest BCUT2D eigenvalue weighted by Crippen LogP contribution is -2.31. The number of aryl methyl sites for hydroxylation is 3. The number of sulfonamides is 1. The Kier molecular flexibility index (Phi) is 7.07. The van der Waals surface area contributed by atoms with Crippen molar-refractivity contribution < 1.29 is 17.9 Å². The molecule has 0 radical (unpaired) electrons. The molecule has 2 rings (SSSR count).